The van der Waals surface area contributed by atoms with Gasteiger partial charge in [-0.1, -0.05) is 18.2 Å². The Balaban J connectivity index is 1.41. The van der Waals surface area contributed by atoms with Crippen LogP contribution < -0.4 is 16.3 Å². The lowest BCUT2D eigenvalue weighted by molar-refractivity contribution is 0.0695. The molecule has 38 heavy (non-hydrogen) atoms. The molecule has 0 saturated heterocycles. The van der Waals surface area contributed by atoms with Gasteiger partial charge in [0.1, 0.15) is 17.2 Å². The molecule has 2 aromatic carbocycles. The average molecular weight is 519 g/mol. The van der Waals surface area contributed by atoms with Crippen LogP contribution in [0.3, 0.4) is 0 Å². The highest BCUT2D eigenvalue weighted by Gasteiger charge is 2.29. The van der Waals surface area contributed by atoms with Gasteiger partial charge in [0.25, 0.3) is 17.6 Å². The van der Waals surface area contributed by atoms with Crippen molar-refractivity contribution in [3.05, 3.63) is 97.5 Å². The first-order valence-electron chi connectivity index (χ1n) is 11.8. The summed E-state index contributed by atoms with van der Waals surface area (Å²) in [5.74, 6) is -2.76. The number of halogens is 1. The topological polar surface area (TPSA) is 159 Å². The van der Waals surface area contributed by atoms with E-state index < -0.39 is 29.5 Å². The van der Waals surface area contributed by atoms with E-state index in [9.17, 15) is 28.7 Å². The van der Waals surface area contributed by atoms with Crippen molar-refractivity contribution in [3.8, 4) is 0 Å². The number of nitrogens with zero attached hydrogens (tertiary/aromatic N) is 3. The molecular weight excluding hydrogens is 495 g/mol. The zero-order valence-corrected chi connectivity index (χ0v) is 20.5. The van der Waals surface area contributed by atoms with Crippen LogP contribution in [0.2, 0.25) is 0 Å². The van der Waals surface area contributed by atoms with E-state index in [1.54, 1.807) is 32.0 Å². The van der Waals surface area contributed by atoms with Gasteiger partial charge < -0.3 is 15.7 Å². The van der Waals surface area contributed by atoms with E-state index in [1.807, 2.05) is 0 Å². The fourth-order valence-corrected chi connectivity index (χ4v) is 4.78. The predicted molar refractivity (Wildman–Crippen MR) is 133 cm³/mol. The first-order chi connectivity index (χ1) is 18.1. The van der Waals surface area contributed by atoms with Crippen LogP contribution in [0.25, 0.3) is 5.78 Å². The number of carbonyl (C=O) groups is 3. The van der Waals surface area contributed by atoms with Gasteiger partial charge in [0.2, 0.25) is 0 Å². The minimum Gasteiger partial charge on any atom is -0.478 e. The van der Waals surface area contributed by atoms with E-state index in [1.165, 1.54) is 18.2 Å². The zero-order chi connectivity index (χ0) is 27.1. The molecule has 1 aliphatic rings. The molecule has 0 fully saturated rings. The number of fused-ring (bicyclic) bond motifs is 2. The molecule has 4 aromatic rings. The quantitative estimate of drug-likeness (QED) is 0.305. The summed E-state index contributed by atoms with van der Waals surface area (Å²) < 4.78 is 14.5. The molecule has 2 amide bonds. The first-order valence-corrected chi connectivity index (χ1v) is 11.8. The number of rotatable bonds is 6. The fraction of sp³-hybridized carbons (Fsp3) is 0.231. The highest BCUT2D eigenvalue weighted by molar-refractivity contribution is 5.98. The standard InChI is InChI=1S/C26H23FN6O5/c1-12-9-14(3-7-18(12)27)11-28-22(34)20-10-21(33-25(30-20)31-32-26(33)38)23(35)29-19-8-6-15-13(2)16(24(36)37)4-5-17(15)19/h3-5,7,9-10,19H,6,8,11H2,1-2H3,(H,28,34)(H,29,35)(H,32,38)(H,36,37)/t19-/m0/s1. The van der Waals surface area contributed by atoms with Gasteiger partial charge >= 0.3 is 11.7 Å². The lowest BCUT2D eigenvalue weighted by Crippen LogP contribution is -2.32. The summed E-state index contributed by atoms with van der Waals surface area (Å²) in [5, 5.41) is 21.0. The van der Waals surface area contributed by atoms with Crippen LogP contribution in [0.1, 0.15) is 71.6 Å². The third-order valence-electron chi connectivity index (χ3n) is 6.76. The number of hydrogen-bond acceptors (Lipinski definition) is 6. The summed E-state index contributed by atoms with van der Waals surface area (Å²) in [6.45, 7) is 3.45. The molecule has 1 aliphatic carbocycles. The smallest absolute Gasteiger partial charge is 0.349 e. The van der Waals surface area contributed by atoms with Crippen LogP contribution in [-0.2, 0) is 13.0 Å². The Labute approximate surface area is 214 Å². The molecule has 0 unspecified atom stereocenters. The van der Waals surface area contributed by atoms with Crippen molar-refractivity contribution < 1.29 is 23.9 Å². The fourth-order valence-electron chi connectivity index (χ4n) is 4.78. The molecule has 5 rings (SSSR count). The van der Waals surface area contributed by atoms with E-state index >= 15 is 0 Å². The highest BCUT2D eigenvalue weighted by Crippen LogP contribution is 2.34. The molecule has 12 heteroatoms. The van der Waals surface area contributed by atoms with Crippen LogP contribution in [0.5, 0.6) is 0 Å². The Bertz CT molecular complexity index is 1690. The van der Waals surface area contributed by atoms with E-state index in [2.05, 4.69) is 25.8 Å². The van der Waals surface area contributed by atoms with Crippen molar-refractivity contribution in [3.63, 3.8) is 0 Å². The lowest BCUT2D eigenvalue weighted by atomic mass is 9.98. The van der Waals surface area contributed by atoms with Gasteiger partial charge in [-0.15, -0.1) is 5.10 Å². The molecule has 0 saturated carbocycles. The number of carbonyl (C=O) groups excluding carboxylic acids is 2. The van der Waals surface area contributed by atoms with Crippen molar-refractivity contribution in [2.45, 2.75) is 39.3 Å². The number of aromatic amines is 1. The molecule has 0 bridgehead atoms. The first kappa shape index (κ1) is 24.8. The van der Waals surface area contributed by atoms with Crippen molar-refractivity contribution >= 4 is 23.6 Å². The summed E-state index contributed by atoms with van der Waals surface area (Å²) in [6.07, 6.45) is 1.13. The third kappa shape index (κ3) is 4.40. The second-order valence-electron chi connectivity index (χ2n) is 9.13. The molecule has 0 spiro atoms. The second kappa shape index (κ2) is 9.54. The van der Waals surface area contributed by atoms with Gasteiger partial charge in [-0.3, -0.25) is 9.59 Å². The van der Waals surface area contributed by atoms with Crippen LogP contribution in [0.4, 0.5) is 4.39 Å². The summed E-state index contributed by atoms with van der Waals surface area (Å²) in [6, 6.07) is 8.46. The molecule has 2 heterocycles. The van der Waals surface area contributed by atoms with Crippen LogP contribution in [0, 0.1) is 19.7 Å². The summed E-state index contributed by atoms with van der Waals surface area (Å²) in [5.41, 5.74) is 2.69. The molecule has 0 aliphatic heterocycles. The minimum atomic E-state index is -1.02. The SMILES string of the molecule is Cc1cc(CNC(=O)c2cc(C(=O)N[C@H]3CCc4c3ccc(C(=O)O)c4C)n3c(=O)[nH]nc3n2)ccc1F. The number of hydrogen-bond donors (Lipinski definition) is 4. The number of amides is 2. The van der Waals surface area contributed by atoms with Gasteiger partial charge in [0, 0.05) is 6.54 Å². The number of carboxylic acids is 1. The Morgan fingerprint density at radius 2 is 1.95 bits per heavy atom. The van der Waals surface area contributed by atoms with Crippen molar-refractivity contribution in [2.24, 2.45) is 0 Å². The Morgan fingerprint density at radius 3 is 2.68 bits per heavy atom. The summed E-state index contributed by atoms with van der Waals surface area (Å²) >= 11 is 0. The summed E-state index contributed by atoms with van der Waals surface area (Å²) in [4.78, 5) is 54.2. The van der Waals surface area contributed by atoms with E-state index in [-0.39, 0.29) is 35.1 Å². The van der Waals surface area contributed by atoms with E-state index in [0.717, 1.165) is 15.5 Å². The largest absolute Gasteiger partial charge is 0.478 e. The number of aryl methyl sites for hydroxylation is 1. The average Bonchev–Trinajstić information content (AvgIpc) is 3.47. The number of carboxylic acid groups (broad SMARTS) is 1. The van der Waals surface area contributed by atoms with Gasteiger partial charge in [0.15, 0.2) is 0 Å². The van der Waals surface area contributed by atoms with Gasteiger partial charge in [-0.25, -0.2) is 28.5 Å². The lowest BCUT2D eigenvalue weighted by Gasteiger charge is -2.16. The predicted octanol–water partition coefficient (Wildman–Crippen LogP) is 2.22. The number of H-pyrrole nitrogens is 1. The molecular formula is C26H23FN6O5. The van der Waals surface area contributed by atoms with E-state index in [4.69, 9.17) is 0 Å². The van der Waals surface area contributed by atoms with Crippen LogP contribution in [0.15, 0.2) is 41.2 Å². The Kier molecular flexibility index (Phi) is 6.23. The Hall–Kier alpha value is -4.87. The monoisotopic (exact) mass is 518 g/mol. The Morgan fingerprint density at radius 1 is 1.16 bits per heavy atom. The van der Waals surface area contributed by atoms with Gasteiger partial charge in [-0.2, -0.15) is 0 Å². The van der Waals surface area contributed by atoms with Crippen molar-refractivity contribution in [1.82, 2.24) is 30.2 Å². The maximum atomic E-state index is 13.5. The zero-order valence-electron chi connectivity index (χ0n) is 20.5. The number of aromatic nitrogens is 4. The maximum Gasteiger partial charge on any atom is 0.349 e. The third-order valence-corrected chi connectivity index (χ3v) is 6.76. The molecule has 1 atom stereocenters. The molecule has 4 N–H and O–H groups in total. The maximum absolute atomic E-state index is 13.5. The van der Waals surface area contributed by atoms with Crippen molar-refractivity contribution in [2.75, 3.05) is 0 Å². The van der Waals surface area contributed by atoms with Crippen LogP contribution >= 0.6 is 0 Å². The normalized spacial score (nSPS) is 14.3. The number of aromatic carboxylic acids is 1. The summed E-state index contributed by atoms with van der Waals surface area (Å²) in [7, 11) is 0. The molecule has 11 nitrogen and oxygen atoms in total. The molecule has 0 radical (unpaired) electrons. The number of nitrogens with one attached hydrogen (secondary N) is 3. The molecule has 194 valence electrons. The second-order valence-corrected chi connectivity index (χ2v) is 9.13. The van der Waals surface area contributed by atoms with Gasteiger partial charge in [0.05, 0.1) is 11.6 Å². The minimum absolute atomic E-state index is 0.0955. The highest BCUT2D eigenvalue weighted by atomic mass is 19.1. The van der Waals surface area contributed by atoms with Crippen molar-refractivity contribution in [1.29, 1.82) is 0 Å². The molecule has 2 aromatic heterocycles. The van der Waals surface area contributed by atoms with E-state index in [0.29, 0.717) is 29.5 Å². The number of benzene rings is 2. The van der Waals surface area contributed by atoms with Gasteiger partial charge in [-0.05, 0) is 72.7 Å². The van der Waals surface area contributed by atoms with Crippen LogP contribution in [-0.4, -0.2) is 42.5 Å².